The molecule has 2 unspecified atom stereocenters. The molecule has 1 heterocycles. The molecule has 2 aliphatic rings. The minimum absolute atomic E-state index is 0.0201. The van der Waals surface area contributed by atoms with Crippen LogP contribution < -0.4 is 10.5 Å². The summed E-state index contributed by atoms with van der Waals surface area (Å²) in [6.45, 7) is 2.21. The van der Waals surface area contributed by atoms with E-state index in [1.54, 1.807) is 0 Å². The number of rotatable bonds is 1. The Morgan fingerprint density at radius 3 is 2.80 bits per heavy atom. The maximum atomic E-state index is 6.21. The van der Waals surface area contributed by atoms with E-state index in [0.29, 0.717) is 0 Å². The zero-order valence-corrected chi connectivity index (χ0v) is 9.07. The summed E-state index contributed by atoms with van der Waals surface area (Å²) in [7, 11) is 0. The summed E-state index contributed by atoms with van der Waals surface area (Å²) in [5, 5.41) is 0. The fraction of sp³-hybridized carbons (Fsp3) is 0.538. The molecule has 1 saturated carbocycles. The SMILES string of the molecule is CC1(C2CC2)CC(N)c2ccccc2O1. The van der Waals surface area contributed by atoms with Crippen LogP contribution >= 0.6 is 0 Å². The molecule has 1 aliphatic carbocycles. The van der Waals surface area contributed by atoms with Crippen molar-refractivity contribution in [3.63, 3.8) is 0 Å². The van der Waals surface area contributed by atoms with Gasteiger partial charge < -0.3 is 10.5 Å². The van der Waals surface area contributed by atoms with Gasteiger partial charge in [0, 0.05) is 18.0 Å². The van der Waals surface area contributed by atoms with E-state index in [-0.39, 0.29) is 11.6 Å². The third kappa shape index (κ3) is 1.44. The Hall–Kier alpha value is -1.02. The molecule has 0 radical (unpaired) electrons. The van der Waals surface area contributed by atoms with Crippen molar-refractivity contribution in [1.29, 1.82) is 0 Å². The van der Waals surface area contributed by atoms with Crippen molar-refractivity contribution in [2.45, 2.75) is 37.8 Å². The number of fused-ring (bicyclic) bond motifs is 1. The van der Waals surface area contributed by atoms with Crippen LogP contribution in [-0.4, -0.2) is 5.60 Å². The predicted molar refractivity (Wildman–Crippen MR) is 59.7 cm³/mol. The molecule has 15 heavy (non-hydrogen) atoms. The third-order valence-electron chi connectivity index (χ3n) is 3.73. The molecule has 3 rings (SSSR count). The maximum Gasteiger partial charge on any atom is 0.124 e. The molecule has 2 heteroatoms. The highest BCUT2D eigenvalue weighted by Crippen LogP contribution is 2.49. The number of benzene rings is 1. The number of nitrogens with two attached hydrogens (primary N) is 1. The molecule has 0 saturated heterocycles. The van der Waals surface area contributed by atoms with Crippen LogP contribution in [0.2, 0.25) is 0 Å². The standard InChI is InChI=1S/C13H17NO/c1-13(9-6-7-9)8-11(14)10-4-2-3-5-12(10)15-13/h2-5,9,11H,6-8,14H2,1H3. The van der Waals surface area contributed by atoms with Gasteiger partial charge in [-0.2, -0.15) is 0 Å². The van der Waals surface area contributed by atoms with Gasteiger partial charge in [0.2, 0.25) is 0 Å². The fourth-order valence-corrected chi connectivity index (χ4v) is 2.66. The van der Waals surface area contributed by atoms with Gasteiger partial charge >= 0.3 is 0 Å². The molecule has 1 fully saturated rings. The molecular weight excluding hydrogens is 186 g/mol. The minimum atomic E-state index is -0.0201. The molecule has 0 aromatic heterocycles. The zero-order chi connectivity index (χ0) is 10.5. The number of hydrogen-bond acceptors (Lipinski definition) is 2. The summed E-state index contributed by atoms with van der Waals surface area (Å²) in [4.78, 5) is 0. The van der Waals surface area contributed by atoms with E-state index in [2.05, 4.69) is 13.0 Å². The van der Waals surface area contributed by atoms with Gasteiger partial charge in [-0.15, -0.1) is 0 Å². The van der Waals surface area contributed by atoms with E-state index in [0.717, 1.165) is 23.7 Å². The van der Waals surface area contributed by atoms with E-state index in [1.165, 1.54) is 12.8 Å². The molecule has 80 valence electrons. The highest BCUT2D eigenvalue weighted by molar-refractivity contribution is 5.38. The monoisotopic (exact) mass is 203 g/mol. The van der Waals surface area contributed by atoms with E-state index in [9.17, 15) is 0 Å². The van der Waals surface area contributed by atoms with Gasteiger partial charge in [0.05, 0.1) is 0 Å². The topological polar surface area (TPSA) is 35.2 Å². The second-order valence-electron chi connectivity index (χ2n) is 5.04. The van der Waals surface area contributed by atoms with Crippen molar-refractivity contribution in [2.24, 2.45) is 11.7 Å². The molecule has 1 aromatic rings. The largest absolute Gasteiger partial charge is 0.487 e. The molecule has 2 atom stereocenters. The van der Waals surface area contributed by atoms with Gasteiger partial charge in [-0.1, -0.05) is 18.2 Å². The van der Waals surface area contributed by atoms with Crippen LogP contribution in [0.1, 0.15) is 37.8 Å². The lowest BCUT2D eigenvalue weighted by molar-refractivity contribution is 0.0324. The third-order valence-corrected chi connectivity index (χ3v) is 3.73. The Balaban J connectivity index is 1.98. The summed E-state index contributed by atoms with van der Waals surface area (Å²) in [5.74, 6) is 1.71. The molecule has 0 amide bonds. The molecule has 1 aliphatic heterocycles. The van der Waals surface area contributed by atoms with Crippen molar-refractivity contribution in [2.75, 3.05) is 0 Å². The van der Waals surface area contributed by atoms with E-state index >= 15 is 0 Å². The van der Waals surface area contributed by atoms with Gasteiger partial charge in [0.15, 0.2) is 0 Å². The van der Waals surface area contributed by atoms with Crippen LogP contribution in [0.25, 0.3) is 0 Å². The van der Waals surface area contributed by atoms with Crippen LogP contribution in [0.5, 0.6) is 5.75 Å². The van der Waals surface area contributed by atoms with Crippen LogP contribution in [0, 0.1) is 5.92 Å². The lowest BCUT2D eigenvalue weighted by atomic mass is 9.85. The number of hydrogen-bond donors (Lipinski definition) is 1. The summed E-state index contributed by atoms with van der Waals surface area (Å²) in [6, 6.07) is 8.30. The summed E-state index contributed by atoms with van der Waals surface area (Å²) >= 11 is 0. The fourth-order valence-electron chi connectivity index (χ4n) is 2.66. The smallest absolute Gasteiger partial charge is 0.124 e. The van der Waals surface area contributed by atoms with Crippen molar-refractivity contribution >= 4 is 0 Å². The first-order chi connectivity index (χ1) is 7.19. The quantitative estimate of drug-likeness (QED) is 0.761. The molecule has 2 nitrogen and oxygen atoms in total. The van der Waals surface area contributed by atoms with Crippen LogP contribution in [-0.2, 0) is 0 Å². The highest BCUT2D eigenvalue weighted by atomic mass is 16.5. The minimum Gasteiger partial charge on any atom is -0.487 e. The van der Waals surface area contributed by atoms with Gasteiger partial charge in [-0.3, -0.25) is 0 Å². The van der Waals surface area contributed by atoms with Gasteiger partial charge in [0.25, 0.3) is 0 Å². The molecular formula is C13H17NO. The van der Waals surface area contributed by atoms with Crippen LogP contribution in [0.15, 0.2) is 24.3 Å². The lowest BCUT2D eigenvalue weighted by Crippen LogP contribution is -2.42. The Morgan fingerprint density at radius 2 is 2.07 bits per heavy atom. The average Bonchev–Trinajstić information content (AvgIpc) is 3.00. The summed E-state index contributed by atoms with van der Waals surface area (Å²) in [5.41, 5.74) is 7.35. The Bertz CT molecular complexity index is 386. The molecule has 0 spiro atoms. The van der Waals surface area contributed by atoms with Crippen molar-refractivity contribution in [3.8, 4) is 5.75 Å². The van der Waals surface area contributed by atoms with E-state index < -0.39 is 0 Å². The van der Waals surface area contributed by atoms with Crippen molar-refractivity contribution in [1.82, 2.24) is 0 Å². The van der Waals surface area contributed by atoms with Gasteiger partial charge in [0.1, 0.15) is 11.4 Å². The van der Waals surface area contributed by atoms with Gasteiger partial charge in [-0.25, -0.2) is 0 Å². The number of para-hydroxylation sites is 1. The summed E-state index contributed by atoms with van der Waals surface area (Å²) in [6.07, 6.45) is 3.55. The maximum absolute atomic E-state index is 6.21. The van der Waals surface area contributed by atoms with Crippen molar-refractivity contribution in [3.05, 3.63) is 29.8 Å². The second kappa shape index (κ2) is 2.99. The Kier molecular flexibility index (Phi) is 1.84. The molecule has 0 bridgehead atoms. The Morgan fingerprint density at radius 1 is 1.33 bits per heavy atom. The van der Waals surface area contributed by atoms with E-state index in [4.69, 9.17) is 10.5 Å². The van der Waals surface area contributed by atoms with Crippen LogP contribution in [0.4, 0.5) is 0 Å². The van der Waals surface area contributed by atoms with Gasteiger partial charge in [-0.05, 0) is 31.7 Å². The lowest BCUT2D eigenvalue weighted by Gasteiger charge is -2.39. The van der Waals surface area contributed by atoms with Crippen molar-refractivity contribution < 1.29 is 4.74 Å². The first-order valence-corrected chi connectivity index (χ1v) is 5.72. The van der Waals surface area contributed by atoms with Crippen LogP contribution in [0.3, 0.4) is 0 Å². The predicted octanol–water partition coefficient (Wildman–Crippen LogP) is 2.64. The zero-order valence-electron chi connectivity index (χ0n) is 9.07. The summed E-state index contributed by atoms with van der Waals surface area (Å²) < 4.78 is 6.13. The Labute approximate surface area is 90.4 Å². The molecule has 2 N–H and O–H groups in total. The first-order valence-electron chi connectivity index (χ1n) is 5.72. The number of ether oxygens (including phenoxy) is 1. The van der Waals surface area contributed by atoms with E-state index in [1.807, 2.05) is 18.2 Å². The average molecular weight is 203 g/mol. The highest BCUT2D eigenvalue weighted by Gasteiger charge is 2.47. The first kappa shape index (κ1) is 9.22. The second-order valence-corrected chi connectivity index (χ2v) is 5.04. The molecule has 1 aromatic carbocycles. The normalized spacial score (nSPS) is 34.4.